The quantitative estimate of drug-likeness (QED) is 0.481. The number of hydrogen-bond donors (Lipinski definition) is 3. The van der Waals surface area contributed by atoms with Crippen molar-refractivity contribution in [2.45, 2.75) is 32.9 Å². The minimum Gasteiger partial charge on any atom is -0.378 e. The summed E-state index contributed by atoms with van der Waals surface area (Å²) < 4.78 is 0. The van der Waals surface area contributed by atoms with Crippen LogP contribution in [0.2, 0.25) is 0 Å². The van der Waals surface area contributed by atoms with Crippen LogP contribution >= 0.6 is 11.3 Å². The fraction of sp³-hybridized carbons (Fsp3) is 0.217. The summed E-state index contributed by atoms with van der Waals surface area (Å²) in [6, 6.07) is 19.2. The van der Waals surface area contributed by atoms with E-state index in [2.05, 4.69) is 16.0 Å². The lowest BCUT2D eigenvalue weighted by molar-refractivity contribution is -0.114. The van der Waals surface area contributed by atoms with E-state index in [4.69, 9.17) is 0 Å². The van der Waals surface area contributed by atoms with Gasteiger partial charge in [-0.15, -0.1) is 11.3 Å². The number of carbonyl (C=O) groups excluding carboxylic acids is 2. The maximum absolute atomic E-state index is 12.8. The van der Waals surface area contributed by atoms with E-state index in [1.807, 2.05) is 60.8 Å². The summed E-state index contributed by atoms with van der Waals surface area (Å²) in [5, 5.41) is 11.3. The summed E-state index contributed by atoms with van der Waals surface area (Å²) in [5.41, 5.74) is 2.94. The van der Waals surface area contributed by atoms with E-state index in [1.165, 1.54) is 11.8 Å². The van der Waals surface area contributed by atoms with Gasteiger partial charge in [-0.2, -0.15) is 0 Å². The summed E-state index contributed by atoms with van der Waals surface area (Å²) in [6.45, 7) is 4.15. The van der Waals surface area contributed by atoms with Gasteiger partial charge in [-0.1, -0.05) is 43.3 Å². The van der Waals surface area contributed by atoms with Gasteiger partial charge in [0.1, 0.15) is 0 Å². The third-order valence-corrected chi connectivity index (χ3v) is 5.42. The highest BCUT2D eigenvalue weighted by molar-refractivity contribution is 7.09. The first kappa shape index (κ1) is 20.6. The predicted octanol–water partition coefficient (Wildman–Crippen LogP) is 5.20. The number of amides is 2. The molecule has 3 aromatic rings. The molecule has 1 aromatic heterocycles. The van der Waals surface area contributed by atoms with Crippen molar-refractivity contribution in [1.82, 2.24) is 5.32 Å². The van der Waals surface area contributed by atoms with E-state index in [1.54, 1.807) is 23.5 Å². The van der Waals surface area contributed by atoms with Crippen LogP contribution in [0.4, 0.5) is 11.4 Å². The SMILES string of the molecule is CC[C@@H](NC(=O)c1ccc(NCc2cccs2)c(NC(C)=O)c1)c1ccccc1. The second-order valence-corrected chi connectivity index (χ2v) is 7.75. The number of hydrogen-bond acceptors (Lipinski definition) is 4. The Bertz CT molecular complexity index is 956. The maximum atomic E-state index is 12.8. The normalized spacial score (nSPS) is 11.5. The van der Waals surface area contributed by atoms with Gasteiger partial charge in [0, 0.05) is 23.9 Å². The van der Waals surface area contributed by atoms with Gasteiger partial charge in [0.15, 0.2) is 0 Å². The van der Waals surface area contributed by atoms with Crippen LogP contribution in [0.15, 0.2) is 66.0 Å². The predicted molar refractivity (Wildman–Crippen MR) is 119 cm³/mol. The maximum Gasteiger partial charge on any atom is 0.251 e. The number of rotatable bonds is 8. The van der Waals surface area contributed by atoms with Gasteiger partial charge in [0.2, 0.25) is 5.91 Å². The van der Waals surface area contributed by atoms with Gasteiger partial charge < -0.3 is 16.0 Å². The van der Waals surface area contributed by atoms with Gasteiger partial charge in [0.25, 0.3) is 5.91 Å². The van der Waals surface area contributed by atoms with Crippen molar-refractivity contribution in [2.24, 2.45) is 0 Å². The lowest BCUT2D eigenvalue weighted by atomic mass is 10.0. The zero-order valence-electron chi connectivity index (χ0n) is 16.6. The smallest absolute Gasteiger partial charge is 0.251 e. The van der Waals surface area contributed by atoms with Gasteiger partial charge >= 0.3 is 0 Å². The van der Waals surface area contributed by atoms with Crippen LogP contribution < -0.4 is 16.0 Å². The van der Waals surface area contributed by atoms with Crippen molar-refractivity contribution in [3.05, 3.63) is 82.0 Å². The first-order valence-electron chi connectivity index (χ1n) is 9.60. The van der Waals surface area contributed by atoms with Crippen LogP contribution in [0.3, 0.4) is 0 Å². The molecule has 3 rings (SSSR count). The van der Waals surface area contributed by atoms with Crippen molar-refractivity contribution >= 4 is 34.5 Å². The number of benzene rings is 2. The standard InChI is InChI=1S/C23H25N3O2S/c1-3-20(17-8-5-4-6-9-17)26-23(28)18-11-12-21(22(14-18)25-16(2)27)24-15-19-10-7-13-29-19/h4-14,20,24H,3,15H2,1-2H3,(H,25,27)(H,26,28)/t20-/m1/s1. The molecule has 0 aliphatic rings. The van der Waals surface area contributed by atoms with Crippen molar-refractivity contribution in [2.75, 3.05) is 10.6 Å². The summed E-state index contributed by atoms with van der Waals surface area (Å²) in [5.74, 6) is -0.352. The van der Waals surface area contributed by atoms with Gasteiger partial charge in [-0.05, 0) is 41.6 Å². The largest absolute Gasteiger partial charge is 0.378 e. The minimum absolute atomic E-state index is 0.0652. The molecule has 0 saturated heterocycles. The molecule has 1 atom stereocenters. The van der Waals surface area contributed by atoms with Gasteiger partial charge in [-0.3, -0.25) is 9.59 Å². The highest BCUT2D eigenvalue weighted by atomic mass is 32.1. The third kappa shape index (κ3) is 5.68. The molecule has 2 amide bonds. The molecule has 0 spiro atoms. The summed E-state index contributed by atoms with van der Waals surface area (Å²) in [6.07, 6.45) is 0.786. The number of thiophene rings is 1. The van der Waals surface area contributed by atoms with E-state index in [0.29, 0.717) is 17.8 Å². The Labute approximate surface area is 175 Å². The van der Waals surface area contributed by atoms with Crippen LogP contribution in [0, 0.1) is 0 Å². The Hall–Kier alpha value is -3.12. The fourth-order valence-electron chi connectivity index (χ4n) is 3.08. The lowest BCUT2D eigenvalue weighted by Crippen LogP contribution is -2.28. The van der Waals surface area contributed by atoms with E-state index in [-0.39, 0.29) is 17.9 Å². The van der Waals surface area contributed by atoms with Crippen molar-refractivity contribution in [3.63, 3.8) is 0 Å². The topological polar surface area (TPSA) is 70.2 Å². The third-order valence-electron chi connectivity index (χ3n) is 4.54. The van der Waals surface area contributed by atoms with Crippen molar-refractivity contribution in [3.8, 4) is 0 Å². The van der Waals surface area contributed by atoms with Crippen LogP contribution in [0.25, 0.3) is 0 Å². The second-order valence-electron chi connectivity index (χ2n) is 6.72. The molecule has 0 aliphatic heterocycles. The lowest BCUT2D eigenvalue weighted by Gasteiger charge is -2.18. The molecule has 0 aliphatic carbocycles. The Balaban J connectivity index is 1.77. The van der Waals surface area contributed by atoms with E-state index >= 15 is 0 Å². The fourth-order valence-corrected chi connectivity index (χ4v) is 3.72. The molecule has 6 heteroatoms. The molecule has 0 fully saturated rings. The molecule has 29 heavy (non-hydrogen) atoms. The Kier molecular flexibility index (Phi) is 7.03. The van der Waals surface area contributed by atoms with Gasteiger partial charge in [0.05, 0.1) is 17.4 Å². The summed E-state index contributed by atoms with van der Waals surface area (Å²) in [7, 11) is 0. The molecule has 3 N–H and O–H groups in total. The number of carbonyl (C=O) groups is 2. The van der Waals surface area contributed by atoms with Crippen LogP contribution in [0.5, 0.6) is 0 Å². The summed E-state index contributed by atoms with van der Waals surface area (Å²) >= 11 is 1.66. The molecule has 0 unspecified atom stereocenters. The van der Waals surface area contributed by atoms with Crippen molar-refractivity contribution in [1.29, 1.82) is 0 Å². The highest BCUT2D eigenvalue weighted by Crippen LogP contribution is 2.25. The second kappa shape index (κ2) is 9.89. The Morgan fingerprint density at radius 3 is 2.45 bits per heavy atom. The monoisotopic (exact) mass is 407 g/mol. The molecule has 150 valence electrons. The molecular weight excluding hydrogens is 382 g/mol. The van der Waals surface area contributed by atoms with Crippen LogP contribution in [-0.2, 0) is 11.3 Å². The molecule has 0 radical (unpaired) electrons. The van der Waals surface area contributed by atoms with E-state index < -0.39 is 0 Å². The molecule has 2 aromatic carbocycles. The molecule has 0 bridgehead atoms. The van der Waals surface area contributed by atoms with Crippen LogP contribution in [-0.4, -0.2) is 11.8 Å². The molecular formula is C23H25N3O2S. The first-order valence-corrected chi connectivity index (χ1v) is 10.5. The number of nitrogens with one attached hydrogen (secondary N) is 3. The Morgan fingerprint density at radius 1 is 1.00 bits per heavy atom. The molecule has 5 nitrogen and oxygen atoms in total. The average Bonchev–Trinajstić information content (AvgIpc) is 3.24. The first-order chi connectivity index (χ1) is 14.1. The van der Waals surface area contributed by atoms with E-state index in [9.17, 15) is 9.59 Å². The van der Waals surface area contributed by atoms with E-state index in [0.717, 1.165) is 17.7 Å². The van der Waals surface area contributed by atoms with Crippen LogP contribution in [0.1, 0.15) is 47.1 Å². The van der Waals surface area contributed by atoms with Crippen molar-refractivity contribution < 1.29 is 9.59 Å². The highest BCUT2D eigenvalue weighted by Gasteiger charge is 2.16. The summed E-state index contributed by atoms with van der Waals surface area (Å²) in [4.78, 5) is 25.7. The van der Waals surface area contributed by atoms with Gasteiger partial charge in [-0.25, -0.2) is 0 Å². The minimum atomic E-state index is -0.183. The number of anilines is 2. The molecule has 0 saturated carbocycles. The Morgan fingerprint density at radius 2 is 1.79 bits per heavy atom. The molecule has 1 heterocycles. The zero-order chi connectivity index (χ0) is 20.6. The average molecular weight is 408 g/mol. The zero-order valence-corrected chi connectivity index (χ0v) is 17.4.